The standard InChI is InChI=1S/C16H30O4/c1-11(2)8-10-20-15(3,4)14-13(19-6)12(17)7-9-16(14,5)18/h11,13-14,18H,7-10H2,1-6H3/t13-,14+,16-/m1/s1. The lowest BCUT2D eigenvalue weighted by Gasteiger charge is -2.48. The van der Waals surface area contributed by atoms with Gasteiger partial charge in [-0.25, -0.2) is 0 Å². The van der Waals surface area contributed by atoms with E-state index >= 15 is 0 Å². The van der Waals surface area contributed by atoms with E-state index in [-0.39, 0.29) is 11.7 Å². The van der Waals surface area contributed by atoms with Crippen LogP contribution in [-0.2, 0) is 14.3 Å². The number of carbonyl (C=O) groups excluding carboxylic acids is 1. The van der Waals surface area contributed by atoms with Crippen molar-refractivity contribution in [3.8, 4) is 0 Å². The molecule has 0 aromatic heterocycles. The first kappa shape index (κ1) is 17.6. The molecule has 0 aromatic carbocycles. The van der Waals surface area contributed by atoms with Gasteiger partial charge < -0.3 is 14.6 Å². The second-order valence-corrected chi connectivity index (χ2v) is 7.09. The second kappa shape index (κ2) is 6.54. The van der Waals surface area contributed by atoms with E-state index in [1.54, 1.807) is 6.92 Å². The van der Waals surface area contributed by atoms with Crippen LogP contribution in [0.15, 0.2) is 0 Å². The number of ether oxygens (including phenoxy) is 2. The van der Waals surface area contributed by atoms with Crippen molar-refractivity contribution in [3.05, 3.63) is 0 Å². The Balaban J connectivity index is 2.87. The van der Waals surface area contributed by atoms with E-state index in [1.807, 2.05) is 13.8 Å². The van der Waals surface area contributed by atoms with Gasteiger partial charge in [0.15, 0.2) is 5.78 Å². The Bertz CT molecular complexity index is 333. The van der Waals surface area contributed by atoms with Crippen molar-refractivity contribution in [2.45, 2.75) is 71.2 Å². The summed E-state index contributed by atoms with van der Waals surface area (Å²) in [4.78, 5) is 12.1. The van der Waals surface area contributed by atoms with E-state index in [9.17, 15) is 9.90 Å². The third-order valence-electron chi connectivity index (χ3n) is 4.34. The largest absolute Gasteiger partial charge is 0.390 e. The summed E-state index contributed by atoms with van der Waals surface area (Å²) in [5, 5.41) is 10.7. The normalized spacial score (nSPS) is 31.9. The monoisotopic (exact) mass is 286 g/mol. The van der Waals surface area contributed by atoms with Gasteiger partial charge in [-0.15, -0.1) is 0 Å². The summed E-state index contributed by atoms with van der Waals surface area (Å²) in [5.41, 5.74) is -1.55. The molecule has 0 amide bonds. The fourth-order valence-corrected chi connectivity index (χ4v) is 3.21. The van der Waals surface area contributed by atoms with Gasteiger partial charge in [-0.1, -0.05) is 13.8 Å². The molecule has 3 atom stereocenters. The third kappa shape index (κ3) is 4.03. The maximum absolute atomic E-state index is 12.1. The highest BCUT2D eigenvalue weighted by Crippen LogP contribution is 2.41. The summed E-state index contributed by atoms with van der Waals surface area (Å²) in [6, 6.07) is 0. The third-order valence-corrected chi connectivity index (χ3v) is 4.34. The Morgan fingerprint density at radius 2 is 2.05 bits per heavy atom. The van der Waals surface area contributed by atoms with Gasteiger partial charge in [0.2, 0.25) is 0 Å². The lowest BCUT2D eigenvalue weighted by molar-refractivity contribution is -0.196. The zero-order valence-electron chi connectivity index (χ0n) is 13.7. The first-order valence-electron chi connectivity index (χ1n) is 7.53. The van der Waals surface area contributed by atoms with E-state index in [0.717, 1.165) is 6.42 Å². The minimum Gasteiger partial charge on any atom is -0.390 e. The van der Waals surface area contributed by atoms with Crippen molar-refractivity contribution in [2.75, 3.05) is 13.7 Å². The van der Waals surface area contributed by atoms with Crippen molar-refractivity contribution in [2.24, 2.45) is 11.8 Å². The Hall–Kier alpha value is -0.450. The van der Waals surface area contributed by atoms with Gasteiger partial charge in [-0.3, -0.25) is 4.79 Å². The van der Waals surface area contributed by atoms with E-state index in [2.05, 4.69) is 13.8 Å². The van der Waals surface area contributed by atoms with Crippen LogP contribution in [0, 0.1) is 11.8 Å². The molecule has 118 valence electrons. The van der Waals surface area contributed by atoms with Gasteiger partial charge in [-0.2, -0.15) is 0 Å². The molecule has 1 aliphatic rings. The average Bonchev–Trinajstić information content (AvgIpc) is 2.30. The van der Waals surface area contributed by atoms with Gasteiger partial charge in [0.1, 0.15) is 6.10 Å². The SMILES string of the molecule is CO[C@@H]1C(=O)CC[C@@](C)(O)[C@@H]1C(C)(C)OCCC(C)C. The number of ketones is 1. The summed E-state index contributed by atoms with van der Waals surface area (Å²) in [5.74, 6) is 0.274. The Morgan fingerprint density at radius 1 is 1.45 bits per heavy atom. The predicted octanol–water partition coefficient (Wildman–Crippen LogP) is 2.57. The molecule has 1 aliphatic carbocycles. The summed E-state index contributed by atoms with van der Waals surface area (Å²) >= 11 is 0. The Kier molecular flexibility index (Phi) is 5.76. The molecule has 0 aromatic rings. The van der Waals surface area contributed by atoms with Gasteiger partial charge in [0.05, 0.1) is 11.2 Å². The minimum atomic E-state index is -0.948. The summed E-state index contributed by atoms with van der Waals surface area (Å²) in [7, 11) is 1.53. The van der Waals surface area contributed by atoms with Crippen LogP contribution in [0.4, 0.5) is 0 Å². The summed E-state index contributed by atoms with van der Waals surface area (Å²) in [6.45, 7) is 10.6. The summed E-state index contributed by atoms with van der Waals surface area (Å²) in [6.07, 6.45) is 1.20. The van der Waals surface area contributed by atoms with Crippen LogP contribution >= 0.6 is 0 Å². The van der Waals surface area contributed by atoms with Crippen molar-refractivity contribution in [1.82, 2.24) is 0 Å². The first-order valence-corrected chi connectivity index (χ1v) is 7.53. The lowest BCUT2D eigenvalue weighted by Crippen LogP contribution is -2.60. The van der Waals surface area contributed by atoms with Crippen LogP contribution < -0.4 is 0 Å². The molecule has 0 saturated heterocycles. The molecular weight excluding hydrogens is 256 g/mol. The molecule has 0 spiro atoms. The van der Waals surface area contributed by atoms with E-state index in [0.29, 0.717) is 25.4 Å². The van der Waals surface area contributed by atoms with E-state index in [4.69, 9.17) is 9.47 Å². The minimum absolute atomic E-state index is 0.0598. The number of hydrogen-bond donors (Lipinski definition) is 1. The molecule has 1 fully saturated rings. The Morgan fingerprint density at radius 3 is 2.55 bits per heavy atom. The highest BCUT2D eigenvalue weighted by molar-refractivity contribution is 5.84. The fraction of sp³-hybridized carbons (Fsp3) is 0.938. The molecule has 0 bridgehead atoms. The molecular formula is C16H30O4. The van der Waals surface area contributed by atoms with Crippen LogP contribution in [0.25, 0.3) is 0 Å². The number of hydrogen-bond acceptors (Lipinski definition) is 4. The molecule has 1 saturated carbocycles. The average molecular weight is 286 g/mol. The number of Topliss-reactive ketones (excluding diaryl/α,β-unsaturated/α-hetero) is 1. The zero-order valence-corrected chi connectivity index (χ0v) is 13.7. The van der Waals surface area contributed by atoms with Crippen molar-refractivity contribution >= 4 is 5.78 Å². The number of aliphatic hydroxyl groups is 1. The number of methoxy groups -OCH3 is 1. The van der Waals surface area contributed by atoms with Crippen LogP contribution in [-0.4, -0.2) is 41.9 Å². The molecule has 0 heterocycles. The second-order valence-electron chi connectivity index (χ2n) is 7.09. The molecule has 1 rings (SSSR count). The predicted molar refractivity (Wildman–Crippen MR) is 78.6 cm³/mol. The highest BCUT2D eigenvalue weighted by atomic mass is 16.5. The van der Waals surface area contributed by atoms with Crippen molar-refractivity contribution in [1.29, 1.82) is 0 Å². The molecule has 4 nitrogen and oxygen atoms in total. The molecule has 0 aliphatic heterocycles. The van der Waals surface area contributed by atoms with Gasteiger partial charge >= 0.3 is 0 Å². The number of rotatable bonds is 6. The van der Waals surface area contributed by atoms with E-state index in [1.165, 1.54) is 7.11 Å². The molecule has 0 radical (unpaired) electrons. The van der Waals surface area contributed by atoms with E-state index < -0.39 is 17.3 Å². The van der Waals surface area contributed by atoms with Gasteiger partial charge in [0.25, 0.3) is 0 Å². The molecule has 0 unspecified atom stereocenters. The van der Waals surface area contributed by atoms with Crippen LogP contribution in [0.3, 0.4) is 0 Å². The van der Waals surface area contributed by atoms with Crippen LogP contribution in [0.2, 0.25) is 0 Å². The van der Waals surface area contributed by atoms with Gasteiger partial charge in [0, 0.05) is 26.1 Å². The van der Waals surface area contributed by atoms with Crippen molar-refractivity contribution < 1.29 is 19.4 Å². The van der Waals surface area contributed by atoms with Gasteiger partial charge in [-0.05, 0) is 39.5 Å². The molecule has 20 heavy (non-hydrogen) atoms. The first-order chi connectivity index (χ1) is 9.12. The molecule has 1 N–H and O–H groups in total. The lowest BCUT2D eigenvalue weighted by atomic mass is 9.67. The molecule has 4 heteroatoms. The number of carbonyl (C=O) groups is 1. The maximum Gasteiger partial charge on any atom is 0.162 e. The smallest absolute Gasteiger partial charge is 0.162 e. The van der Waals surface area contributed by atoms with Crippen LogP contribution in [0.1, 0.15) is 53.9 Å². The maximum atomic E-state index is 12.1. The topological polar surface area (TPSA) is 55.8 Å². The zero-order chi connectivity index (χ0) is 15.6. The fourth-order valence-electron chi connectivity index (χ4n) is 3.21. The quantitative estimate of drug-likeness (QED) is 0.815. The summed E-state index contributed by atoms with van der Waals surface area (Å²) < 4.78 is 11.4. The Labute approximate surface area is 122 Å². The highest BCUT2D eigenvalue weighted by Gasteiger charge is 2.53. The van der Waals surface area contributed by atoms with Crippen molar-refractivity contribution in [3.63, 3.8) is 0 Å². The van der Waals surface area contributed by atoms with Crippen LogP contribution in [0.5, 0.6) is 0 Å².